The fraction of sp³-hybridized carbons (Fsp3) is 0.391. The number of sulfonamides is 1. The lowest BCUT2D eigenvalue weighted by Gasteiger charge is -2.29. The predicted molar refractivity (Wildman–Crippen MR) is 133 cm³/mol. The van der Waals surface area contributed by atoms with Gasteiger partial charge in [0.05, 0.1) is 17.0 Å². The number of hydrogen-bond acceptors (Lipinski definition) is 4. The van der Waals surface area contributed by atoms with Crippen LogP contribution >= 0.6 is 23.2 Å². The van der Waals surface area contributed by atoms with Crippen molar-refractivity contribution in [3.8, 4) is 0 Å². The topological polar surface area (TPSA) is 86.8 Å². The van der Waals surface area contributed by atoms with Gasteiger partial charge in [-0.1, -0.05) is 35.3 Å². The van der Waals surface area contributed by atoms with Crippen LogP contribution in [0.25, 0.3) is 0 Å². The quantitative estimate of drug-likeness (QED) is 0.469. The summed E-state index contributed by atoms with van der Waals surface area (Å²) in [5.74, 6) is -1.06. The van der Waals surface area contributed by atoms with E-state index in [2.05, 4.69) is 5.32 Å². The van der Waals surface area contributed by atoms with E-state index in [0.29, 0.717) is 17.1 Å². The van der Waals surface area contributed by atoms with Gasteiger partial charge in [-0.25, -0.2) is 12.8 Å². The summed E-state index contributed by atoms with van der Waals surface area (Å²) in [5.41, 5.74) is 0.886. The van der Waals surface area contributed by atoms with Crippen molar-refractivity contribution in [2.45, 2.75) is 39.3 Å². The molecule has 0 fully saturated rings. The van der Waals surface area contributed by atoms with Crippen molar-refractivity contribution in [1.29, 1.82) is 0 Å². The minimum atomic E-state index is -3.70. The molecule has 0 bridgehead atoms. The smallest absolute Gasteiger partial charge is 0.242 e. The summed E-state index contributed by atoms with van der Waals surface area (Å²) in [6.45, 7) is 3.89. The molecule has 186 valence electrons. The minimum Gasteiger partial charge on any atom is -0.355 e. The molecule has 0 saturated heterocycles. The Morgan fingerprint density at radius 2 is 1.76 bits per heavy atom. The Balaban J connectivity index is 2.18. The van der Waals surface area contributed by atoms with Gasteiger partial charge in [0.1, 0.15) is 11.9 Å². The molecule has 2 amide bonds. The van der Waals surface area contributed by atoms with E-state index in [1.54, 1.807) is 32.0 Å². The number of likely N-dealkylation sites (N-methyl/N-ethyl adjacent to an activating group) is 1. The maximum Gasteiger partial charge on any atom is 0.242 e. The van der Waals surface area contributed by atoms with E-state index in [1.807, 2.05) is 0 Å². The van der Waals surface area contributed by atoms with E-state index in [4.69, 9.17) is 23.2 Å². The highest BCUT2D eigenvalue weighted by Gasteiger charge is 2.26. The van der Waals surface area contributed by atoms with Crippen molar-refractivity contribution >= 4 is 50.7 Å². The summed E-state index contributed by atoms with van der Waals surface area (Å²) in [7, 11) is -3.70. The number of nitrogens with one attached hydrogen (secondary N) is 1. The third-order valence-corrected chi connectivity index (χ3v) is 6.85. The fourth-order valence-electron chi connectivity index (χ4n) is 3.35. The second-order valence-corrected chi connectivity index (χ2v) is 10.5. The van der Waals surface area contributed by atoms with Crippen LogP contribution in [-0.4, -0.2) is 50.5 Å². The lowest BCUT2D eigenvalue weighted by Crippen LogP contribution is -2.47. The molecule has 2 rings (SSSR count). The monoisotopic (exact) mass is 531 g/mol. The summed E-state index contributed by atoms with van der Waals surface area (Å²) in [6.07, 6.45) is 1.20. The molecule has 7 nitrogen and oxygen atoms in total. The molecule has 0 aliphatic rings. The Kier molecular flexibility index (Phi) is 10.1. The van der Waals surface area contributed by atoms with Crippen molar-refractivity contribution in [3.05, 3.63) is 63.9 Å². The van der Waals surface area contributed by atoms with Crippen LogP contribution < -0.4 is 9.62 Å². The molecule has 0 aromatic heterocycles. The highest BCUT2D eigenvalue weighted by atomic mass is 35.5. The van der Waals surface area contributed by atoms with Gasteiger partial charge in [-0.3, -0.25) is 13.9 Å². The SMILES string of the molecule is CCNC(=O)C(C)N(Cc1ccc(F)cc1)C(=O)CCCN(c1cc(Cl)ccc1Cl)S(C)(=O)=O. The zero-order valence-electron chi connectivity index (χ0n) is 19.2. The average molecular weight is 532 g/mol. The molecule has 1 N–H and O–H groups in total. The molecule has 0 saturated carbocycles. The minimum absolute atomic E-state index is 0.00936. The summed E-state index contributed by atoms with van der Waals surface area (Å²) in [5, 5.41) is 3.23. The number of benzene rings is 2. The van der Waals surface area contributed by atoms with Crippen LogP contribution in [0.1, 0.15) is 32.3 Å². The van der Waals surface area contributed by atoms with Crippen LogP contribution in [0, 0.1) is 5.82 Å². The normalized spacial score (nSPS) is 12.2. The van der Waals surface area contributed by atoms with Crippen molar-refractivity contribution in [3.63, 3.8) is 0 Å². The average Bonchev–Trinajstić information content (AvgIpc) is 2.77. The summed E-state index contributed by atoms with van der Waals surface area (Å²) in [6, 6.07) is 9.39. The fourth-order valence-corrected chi connectivity index (χ4v) is 4.76. The largest absolute Gasteiger partial charge is 0.355 e. The molecule has 34 heavy (non-hydrogen) atoms. The second-order valence-electron chi connectivity index (χ2n) is 7.75. The Bertz CT molecular complexity index is 1110. The maximum absolute atomic E-state index is 13.3. The number of halogens is 3. The van der Waals surface area contributed by atoms with Gasteiger partial charge in [-0.2, -0.15) is 0 Å². The van der Waals surface area contributed by atoms with Gasteiger partial charge in [0.15, 0.2) is 0 Å². The second kappa shape index (κ2) is 12.4. The van der Waals surface area contributed by atoms with Gasteiger partial charge < -0.3 is 10.2 Å². The van der Waals surface area contributed by atoms with Crippen molar-refractivity contribution in [2.75, 3.05) is 23.7 Å². The molecule has 0 heterocycles. The number of carbonyl (C=O) groups excluding carboxylic acids is 2. The van der Waals surface area contributed by atoms with Gasteiger partial charge in [0.25, 0.3) is 0 Å². The zero-order chi connectivity index (χ0) is 25.5. The lowest BCUT2D eigenvalue weighted by atomic mass is 10.1. The van der Waals surface area contributed by atoms with Crippen LogP contribution in [-0.2, 0) is 26.2 Å². The molecule has 1 atom stereocenters. The van der Waals surface area contributed by atoms with E-state index < -0.39 is 21.9 Å². The Hall–Kier alpha value is -2.36. The molecule has 0 spiro atoms. The molecule has 11 heteroatoms. The summed E-state index contributed by atoms with van der Waals surface area (Å²) in [4.78, 5) is 26.9. The van der Waals surface area contributed by atoms with E-state index in [-0.39, 0.29) is 48.5 Å². The highest BCUT2D eigenvalue weighted by Crippen LogP contribution is 2.31. The Morgan fingerprint density at radius 3 is 2.35 bits per heavy atom. The Labute approximate surface area is 209 Å². The molecule has 2 aromatic rings. The van der Waals surface area contributed by atoms with Gasteiger partial charge in [0.2, 0.25) is 21.8 Å². The van der Waals surface area contributed by atoms with Crippen LogP contribution in [0.15, 0.2) is 42.5 Å². The third kappa shape index (κ3) is 7.85. The van der Waals surface area contributed by atoms with Gasteiger partial charge in [0, 0.05) is 31.1 Å². The van der Waals surface area contributed by atoms with Gasteiger partial charge in [-0.05, 0) is 56.2 Å². The lowest BCUT2D eigenvalue weighted by molar-refractivity contribution is -0.140. The number of anilines is 1. The van der Waals surface area contributed by atoms with Gasteiger partial charge >= 0.3 is 0 Å². The van der Waals surface area contributed by atoms with E-state index in [0.717, 1.165) is 10.6 Å². The van der Waals surface area contributed by atoms with Crippen molar-refractivity contribution < 1.29 is 22.4 Å². The molecular formula is C23H28Cl2FN3O4S. The first-order chi connectivity index (χ1) is 15.9. The molecule has 0 radical (unpaired) electrons. The Morgan fingerprint density at radius 1 is 1.12 bits per heavy atom. The van der Waals surface area contributed by atoms with Gasteiger partial charge in [-0.15, -0.1) is 0 Å². The first-order valence-electron chi connectivity index (χ1n) is 10.7. The zero-order valence-corrected chi connectivity index (χ0v) is 21.6. The highest BCUT2D eigenvalue weighted by molar-refractivity contribution is 7.92. The van der Waals surface area contributed by atoms with Crippen LogP contribution in [0.5, 0.6) is 0 Å². The number of nitrogens with zero attached hydrogens (tertiary/aromatic N) is 2. The van der Waals surface area contributed by atoms with Crippen LogP contribution in [0.3, 0.4) is 0 Å². The number of carbonyl (C=O) groups is 2. The van der Waals surface area contributed by atoms with E-state index in [1.165, 1.54) is 29.2 Å². The molecule has 2 aromatic carbocycles. The molecule has 0 aliphatic heterocycles. The molecule has 1 unspecified atom stereocenters. The first-order valence-corrected chi connectivity index (χ1v) is 13.3. The van der Waals surface area contributed by atoms with Crippen LogP contribution in [0.4, 0.5) is 10.1 Å². The predicted octanol–water partition coefficient (Wildman–Crippen LogP) is 4.23. The first kappa shape index (κ1) is 27.9. The standard InChI is InChI=1S/C23H28Cl2FN3O4S/c1-4-27-23(31)16(2)28(15-17-7-10-19(26)11-8-17)22(30)6-5-13-29(34(3,32)33)21-14-18(24)9-12-20(21)25/h7-12,14,16H,4-6,13,15H2,1-3H3,(H,27,31). The number of rotatable bonds is 11. The molecule has 0 aliphatic carbocycles. The molecular weight excluding hydrogens is 504 g/mol. The maximum atomic E-state index is 13.3. The van der Waals surface area contributed by atoms with E-state index in [9.17, 15) is 22.4 Å². The van der Waals surface area contributed by atoms with E-state index >= 15 is 0 Å². The summed E-state index contributed by atoms with van der Waals surface area (Å²) < 4.78 is 39.2. The number of amides is 2. The van der Waals surface area contributed by atoms with Crippen molar-refractivity contribution in [2.24, 2.45) is 0 Å². The third-order valence-electron chi connectivity index (χ3n) is 5.11. The number of hydrogen-bond donors (Lipinski definition) is 1. The van der Waals surface area contributed by atoms with Crippen molar-refractivity contribution in [1.82, 2.24) is 10.2 Å². The summed E-state index contributed by atoms with van der Waals surface area (Å²) >= 11 is 12.2. The van der Waals surface area contributed by atoms with Crippen LogP contribution in [0.2, 0.25) is 10.0 Å².